The van der Waals surface area contributed by atoms with E-state index in [0.29, 0.717) is 0 Å². The molecule has 4 heteroatoms. The fraction of sp³-hybridized carbons (Fsp3) is 0. The third-order valence-corrected chi connectivity index (χ3v) is 0. The van der Waals surface area contributed by atoms with E-state index >= 15 is 0 Å². The van der Waals surface area contributed by atoms with Crippen LogP contribution in [-0.4, -0.2) is 5.48 Å². The molecule has 2 N–H and O–H groups in total. The quantitative estimate of drug-likeness (QED) is 0.366. The van der Waals surface area contributed by atoms with Gasteiger partial charge in [0.1, 0.15) is 0 Å². The predicted octanol–water partition coefficient (Wildman–Crippen LogP) is 1.00. The molecule has 0 aliphatic rings. The van der Waals surface area contributed by atoms with Crippen LogP contribution in [0, 0.1) is 7.43 Å². The van der Waals surface area contributed by atoms with Crippen LogP contribution in [0.25, 0.3) is 0 Å². The second kappa shape index (κ2) is 18.7. The number of hydrogen-bond acceptors (Lipinski definition) is 0. The molecular formula is CH5Cl2OTi-. The van der Waals surface area contributed by atoms with Gasteiger partial charge in [-0.15, -0.1) is 0 Å². The number of hydrogen-bond donors (Lipinski definition) is 0. The molecule has 0 heterocycles. The first-order chi connectivity index (χ1) is 1.41. The molecule has 0 aromatic rings. The monoisotopic (exact) mass is 151 g/mol. The first-order valence-electron chi connectivity index (χ1n) is 0.378. The van der Waals surface area contributed by atoms with Crippen molar-refractivity contribution in [3.05, 3.63) is 7.43 Å². The van der Waals surface area contributed by atoms with E-state index in [1.165, 1.54) is 0 Å². The van der Waals surface area contributed by atoms with Gasteiger partial charge in [0.05, 0.1) is 0 Å². The van der Waals surface area contributed by atoms with E-state index < -0.39 is 17.0 Å². The van der Waals surface area contributed by atoms with Crippen molar-refractivity contribution in [1.29, 1.82) is 0 Å². The second-order valence-corrected chi connectivity index (χ2v) is 2.65. The summed E-state index contributed by atoms with van der Waals surface area (Å²) in [6.45, 7) is 0. The summed E-state index contributed by atoms with van der Waals surface area (Å²) in [6, 6.07) is 0. The van der Waals surface area contributed by atoms with E-state index in [4.69, 9.17) is 18.6 Å². The molecule has 0 fully saturated rings. The SMILES string of the molecule is O.[CH3-].[Cl][Ti][Cl]. The van der Waals surface area contributed by atoms with Crippen LogP contribution in [0.15, 0.2) is 0 Å². The Morgan fingerprint density at radius 1 is 1.20 bits per heavy atom. The molecule has 0 aliphatic carbocycles. The van der Waals surface area contributed by atoms with E-state index in [2.05, 4.69) is 0 Å². The first kappa shape index (κ1) is 16.3. The fourth-order valence-electron chi connectivity index (χ4n) is 0. The summed E-state index contributed by atoms with van der Waals surface area (Å²) in [5.74, 6) is 0. The Balaban J connectivity index is -0.0000000200. The number of halogens is 2. The summed E-state index contributed by atoms with van der Waals surface area (Å²) >= 11 is -0.556. The van der Waals surface area contributed by atoms with Crippen molar-refractivity contribution < 1.29 is 22.5 Å². The molecule has 0 saturated heterocycles. The Kier molecular flexibility index (Phi) is 61.0. The Morgan fingerprint density at radius 3 is 1.20 bits per heavy atom. The van der Waals surface area contributed by atoms with Crippen LogP contribution < -0.4 is 0 Å². The van der Waals surface area contributed by atoms with E-state index in [0.717, 1.165) is 0 Å². The van der Waals surface area contributed by atoms with Crippen molar-refractivity contribution >= 4 is 18.6 Å². The summed E-state index contributed by atoms with van der Waals surface area (Å²) in [5.41, 5.74) is 0. The van der Waals surface area contributed by atoms with E-state index in [1.54, 1.807) is 0 Å². The average Bonchev–Trinajstić information content (AvgIpc) is 0.918. The Morgan fingerprint density at radius 2 is 1.20 bits per heavy atom. The topological polar surface area (TPSA) is 31.5 Å². The summed E-state index contributed by atoms with van der Waals surface area (Å²) in [7, 11) is 9.78. The number of rotatable bonds is 0. The third kappa shape index (κ3) is 35.4. The van der Waals surface area contributed by atoms with Gasteiger partial charge >= 0.3 is 35.6 Å². The standard InChI is InChI=1S/CH3.2ClH.H2O.Ti/h1H3;2*1H;1H2;/q-1;;;;+2/p-2. The van der Waals surface area contributed by atoms with Gasteiger partial charge in [0.2, 0.25) is 0 Å². The van der Waals surface area contributed by atoms with Crippen LogP contribution in [0.5, 0.6) is 0 Å². The van der Waals surface area contributed by atoms with Gasteiger partial charge in [-0.2, -0.15) is 0 Å². The summed E-state index contributed by atoms with van der Waals surface area (Å²) in [4.78, 5) is 0. The van der Waals surface area contributed by atoms with Crippen molar-refractivity contribution in [2.24, 2.45) is 0 Å². The van der Waals surface area contributed by atoms with E-state index in [1.807, 2.05) is 0 Å². The van der Waals surface area contributed by atoms with Gasteiger partial charge in [-0.3, -0.25) is 0 Å². The molecule has 0 rings (SSSR count). The maximum absolute atomic E-state index is 4.89. The second-order valence-electron chi connectivity index (χ2n) is 0.0714. The summed E-state index contributed by atoms with van der Waals surface area (Å²) in [6.07, 6.45) is 0. The minimum atomic E-state index is -0.556. The Labute approximate surface area is 48.6 Å². The fourth-order valence-corrected chi connectivity index (χ4v) is 0. The van der Waals surface area contributed by atoms with Crippen LogP contribution in [-0.2, 0) is 17.0 Å². The molecule has 0 saturated carbocycles. The normalized spacial score (nSPS) is 2.80. The molecule has 0 radical (unpaired) electrons. The molecule has 0 unspecified atom stereocenters. The zero-order valence-corrected chi connectivity index (χ0v) is 5.83. The third-order valence-electron chi connectivity index (χ3n) is 0. The van der Waals surface area contributed by atoms with Crippen molar-refractivity contribution in [1.82, 2.24) is 0 Å². The van der Waals surface area contributed by atoms with Crippen molar-refractivity contribution in [2.75, 3.05) is 0 Å². The zero-order chi connectivity index (χ0) is 2.71. The van der Waals surface area contributed by atoms with E-state index in [9.17, 15) is 0 Å². The molecule has 5 heavy (non-hydrogen) atoms. The zero-order valence-electron chi connectivity index (χ0n) is 2.76. The van der Waals surface area contributed by atoms with Gasteiger partial charge in [-0.1, -0.05) is 0 Å². The molecule has 0 spiro atoms. The van der Waals surface area contributed by atoms with E-state index in [-0.39, 0.29) is 12.9 Å². The predicted molar refractivity (Wildman–Crippen MR) is 21.7 cm³/mol. The molecule has 34 valence electrons. The van der Waals surface area contributed by atoms with Crippen LogP contribution >= 0.6 is 18.6 Å². The van der Waals surface area contributed by atoms with Gasteiger partial charge in [0.25, 0.3) is 0 Å². The summed E-state index contributed by atoms with van der Waals surface area (Å²) in [5, 5.41) is 0. The van der Waals surface area contributed by atoms with Crippen LogP contribution in [0.3, 0.4) is 0 Å². The molecule has 0 aromatic heterocycles. The molecule has 0 bridgehead atoms. The molecule has 0 aliphatic heterocycles. The average molecular weight is 152 g/mol. The van der Waals surface area contributed by atoms with Gasteiger partial charge in [0, 0.05) is 0 Å². The van der Waals surface area contributed by atoms with Crippen LogP contribution in [0.2, 0.25) is 0 Å². The van der Waals surface area contributed by atoms with Gasteiger partial charge in [0.15, 0.2) is 0 Å². The Hall–Kier alpha value is 1.25. The van der Waals surface area contributed by atoms with Crippen LogP contribution in [0.4, 0.5) is 0 Å². The molecule has 0 amide bonds. The summed E-state index contributed by atoms with van der Waals surface area (Å²) < 4.78 is 0. The van der Waals surface area contributed by atoms with Gasteiger partial charge in [-0.05, 0) is 0 Å². The van der Waals surface area contributed by atoms with Gasteiger partial charge in [-0.25, -0.2) is 0 Å². The van der Waals surface area contributed by atoms with Crippen LogP contribution in [0.1, 0.15) is 0 Å². The first-order valence-corrected chi connectivity index (χ1v) is 4.68. The van der Waals surface area contributed by atoms with Gasteiger partial charge < -0.3 is 12.9 Å². The maximum atomic E-state index is 4.89. The van der Waals surface area contributed by atoms with Crippen molar-refractivity contribution in [3.63, 3.8) is 0 Å². The molecular weight excluding hydrogens is 147 g/mol. The van der Waals surface area contributed by atoms with Crippen molar-refractivity contribution in [2.45, 2.75) is 0 Å². The molecule has 1 nitrogen and oxygen atoms in total. The Bertz CT molecular complexity index is 9.61. The molecule has 0 aromatic carbocycles. The minimum absolute atomic E-state index is 0. The van der Waals surface area contributed by atoms with Crippen molar-refractivity contribution in [3.8, 4) is 0 Å². The molecule has 0 atom stereocenters.